The first kappa shape index (κ1) is 23.6. The molecular weight excluding hydrogens is 450 g/mol. The molecule has 1 aliphatic carbocycles. The van der Waals surface area contributed by atoms with Crippen molar-refractivity contribution in [1.29, 1.82) is 0 Å². The van der Waals surface area contributed by atoms with Crippen LogP contribution in [0.25, 0.3) is 0 Å². The number of nitrogens with one attached hydrogen (secondary N) is 3. The second-order valence-corrected chi connectivity index (χ2v) is 8.75. The maximum atomic E-state index is 12.7. The zero-order valence-electron chi connectivity index (χ0n) is 18.9. The van der Waals surface area contributed by atoms with Crippen molar-refractivity contribution in [3.8, 4) is 11.5 Å². The van der Waals surface area contributed by atoms with Gasteiger partial charge < -0.3 is 20.7 Å². The third-order valence-electron chi connectivity index (χ3n) is 5.72. The summed E-state index contributed by atoms with van der Waals surface area (Å²) < 4.78 is 5.78. The molecular formula is C27H28ClN3O3. The Hall–Kier alpha value is -3.51. The van der Waals surface area contributed by atoms with Gasteiger partial charge in [0.25, 0.3) is 5.91 Å². The Morgan fingerprint density at radius 3 is 2.26 bits per heavy atom. The number of hydrogen-bond donors (Lipinski definition) is 3. The molecule has 2 amide bonds. The highest BCUT2D eigenvalue weighted by Gasteiger charge is 2.19. The largest absolute Gasteiger partial charge is 0.457 e. The zero-order valence-corrected chi connectivity index (χ0v) is 19.6. The van der Waals surface area contributed by atoms with Crippen LogP contribution in [0, 0.1) is 0 Å². The lowest BCUT2D eigenvalue weighted by molar-refractivity contribution is -0.114. The van der Waals surface area contributed by atoms with Crippen LogP contribution in [0.2, 0.25) is 5.02 Å². The predicted molar refractivity (Wildman–Crippen MR) is 136 cm³/mol. The van der Waals surface area contributed by atoms with Crippen molar-refractivity contribution in [2.24, 2.45) is 0 Å². The average molecular weight is 478 g/mol. The van der Waals surface area contributed by atoms with Crippen molar-refractivity contribution in [2.45, 2.75) is 38.1 Å². The Morgan fingerprint density at radius 1 is 0.853 bits per heavy atom. The summed E-state index contributed by atoms with van der Waals surface area (Å²) in [5.41, 5.74) is 1.68. The van der Waals surface area contributed by atoms with Gasteiger partial charge in [-0.2, -0.15) is 0 Å². The lowest BCUT2D eigenvalue weighted by Crippen LogP contribution is -2.36. The molecule has 0 spiro atoms. The minimum absolute atomic E-state index is 0.0745. The summed E-state index contributed by atoms with van der Waals surface area (Å²) in [6.45, 7) is 0.0745. The van der Waals surface area contributed by atoms with Gasteiger partial charge in [-0.1, -0.05) is 49.1 Å². The fourth-order valence-electron chi connectivity index (χ4n) is 3.94. The highest BCUT2D eigenvalue weighted by Crippen LogP contribution is 2.24. The number of hydrogen-bond acceptors (Lipinski definition) is 4. The molecule has 0 saturated heterocycles. The van der Waals surface area contributed by atoms with Gasteiger partial charge in [0.15, 0.2) is 0 Å². The van der Waals surface area contributed by atoms with E-state index >= 15 is 0 Å². The van der Waals surface area contributed by atoms with E-state index in [9.17, 15) is 9.59 Å². The Balaban J connectivity index is 1.29. The fraction of sp³-hybridized carbons (Fsp3) is 0.259. The van der Waals surface area contributed by atoms with Gasteiger partial charge in [-0.05, 0) is 67.4 Å². The number of carbonyl (C=O) groups is 2. The molecule has 3 N–H and O–H groups in total. The standard InChI is InChI=1S/C27H28ClN3O3/c28-25-16-13-21(17-24(25)27(33)31-20-7-3-1-4-8-20)30-26(32)18-29-19-11-14-23(15-12-19)34-22-9-5-2-6-10-22/h2,5-6,9-17,20,29H,1,3-4,7-8,18H2,(H,30,32)(H,31,33). The third-order valence-corrected chi connectivity index (χ3v) is 6.05. The molecule has 7 heteroatoms. The zero-order chi connectivity index (χ0) is 23.8. The molecule has 0 bridgehead atoms. The molecule has 3 aromatic rings. The van der Waals surface area contributed by atoms with E-state index in [1.54, 1.807) is 18.2 Å². The van der Waals surface area contributed by atoms with Crippen LogP contribution in [0.1, 0.15) is 42.5 Å². The maximum Gasteiger partial charge on any atom is 0.253 e. The summed E-state index contributed by atoms with van der Waals surface area (Å²) in [4.78, 5) is 25.1. The predicted octanol–water partition coefficient (Wildman–Crippen LogP) is 6.25. The van der Waals surface area contributed by atoms with Gasteiger partial charge in [-0.3, -0.25) is 9.59 Å². The van der Waals surface area contributed by atoms with E-state index in [-0.39, 0.29) is 24.4 Å². The molecule has 0 heterocycles. The van der Waals surface area contributed by atoms with Crippen LogP contribution < -0.4 is 20.7 Å². The van der Waals surface area contributed by atoms with Gasteiger partial charge in [0.1, 0.15) is 11.5 Å². The lowest BCUT2D eigenvalue weighted by Gasteiger charge is -2.23. The number of anilines is 2. The monoisotopic (exact) mass is 477 g/mol. The first-order valence-corrected chi connectivity index (χ1v) is 11.9. The van der Waals surface area contributed by atoms with Crippen molar-refractivity contribution in [2.75, 3.05) is 17.2 Å². The van der Waals surface area contributed by atoms with E-state index in [1.165, 1.54) is 6.42 Å². The highest BCUT2D eigenvalue weighted by molar-refractivity contribution is 6.34. The molecule has 1 fully saturated rings. The average Bonchev–Trinajstić information content (AvgIpc) is 2.86. The number of benzene rings is 3. The van der Waals surface area contributed by atoms with Crippen LogP contribution in [-0.2, 0) is 4.79 Å². The van der Waals surface area contributed by atoms with E-state index < -0.39 is 0 Å². The van der Waals surface area contributed by atoms with E-state index in [0.29, 0.717) is 22.0 Å². The van der Waals surface area contributed by atoms with Gasteiger partial charge in [0.05, 0.1) is 17.1 Å². The summed E-state index contributed by atoms with van der Waals surface area (Å²) in [6.07, 6.45) is 5.46. The summed E-state index contributed by atoms with van der Waals surface area (Å²) in [7, 11) is 0. The van der Waals surface area contributed by atoms with Crippen LogP contribution in [0.15, 0.2) is 72.8 Å². The number of halogens is 1. The number of carbonyl (C=O) groups excluding carboxylic acids is 2. The van der Waals surface area contributed by atoms with Gasteiger partial charge >= 0.3 is 0 Å². The Bertz CT molecular complexity index is 1110. The summed E-state index contributed by atoms with van der Waals surface area (Å²) >= 11 is 6.25. The Labute approximate surface area is 204 Å². The highest BCUT2D eigenvalue weighted by atomic mass is 35.5. The smallest absolute Gasteiger partial charge is 0.253 e. The quantitative estimate of drug-likeness (QED) is 0.358. The SMILES string of the molecule is O=C(CNc1ccc(Oc2ccccc2)cc1)Nc1ccc(Cl)c(C(=O)NC2CCCCC2)c1. The van der Waals surface area contributed by atoms with Crippen LogP contribution in [0.3, 0.4) is 0 Å². The van der Waals surface area contributed by atoms with Crippen molar-refractivity contribution in [1.82, 2.24) is 5.32 Å². The first-order chi connectivity index (χ1) is 16.6. The second kappa shape index (κ2) is 11.6. The van der Waals surface area contributed by atoms with E-state index in [2.05, 4.69) is 16.0 Å². The topological polar surface area (TPSA) is 79.5 Å². The second-order valence-electron chi connectivity index (χ2n) is 8.34. The van der Waals surface area contributed by atoms with Crippen molar-refractivity contribution in [3.63, 3.8) is 0 Å². The van der Waals surface area contributed by atoms with Crippen molar-refractivity contribution in [3.05, 3.63) is 83.4 Å². The normalized spacial score (nSPS) is 13.7. The molecule has 1 saturated carbocycles. The molecule has 0 aliphatic heterocycles. The molecule has 4 rings (SSSR count). The maximum absolute atomic E-state index is 12.7. The lowest BCUT2D eigenvalue weighted by atomic mass is 9.95. The van der Waals surface area contributed by atoms with E-state index in [4.69, 9.17) is 16.3 Å². The van der Waals surface area contributed by atoms with Gasteiger partial charge in [-0.15, -0.1) is 0 Å². The number of ether oxygens (including phenoxy) is 1. The van der Waals surface area contributed by atoms with Gasteiger partial charge in [-0.25, -0.2) is 0 Å². The summed E-state index contributed by atoms with van der Waals surface area (Å²) in [6, 6.07) is 22.0. The summed E-state index contributed by atoms with van der Waals surface area (Å²) in [5.74, 6) is 1.04. The Kier molecular flexibility index (Phi) is 8.04. The molecule has 0 aromatic heterocycles. The molecule has 0 atom stereocenters. The number of rotatable bonds is 8. The number of para-hydroxylation sites is 1. The molecule has 1 aliphatic rings. The molecule has 176 valence electrons. The van der Waals surface area contributed by atoms with Crippen molar-refractivity contribution < 1.29 is 14.3 Å². The number of amides is 2. The minimum atomic E-state index is -0.231. The van der Waals surface area contributed by atoms with E-state index in [0.717, 1.165) is 37.1 Å². The van der Waals surface area contributed by atoms with Crippen LogP contribution in [0.5, 0.6) is 11.5 Å². The van der Waals surface area contributed by atoms with E-state index in [1.807, 2.05) is 54.6 Å². The van der Waals surface area contributed by atoms with Crippen LogP contribution in [-0.4, -0.2) is 24.4 Å². The third kappa shape index (κ3) is 6.75. The van der Waals surface area contributed by atoms with Crippen molar-refractivity contribution >= 4 is 34.8 Å². The minimum Gasteiger partial charge on any atom is -0.457 e. The fourth-order valence-corrected chi connectivity index (χ4v) is 4.14. The molecule has 3 aromatic carbocycles. The summed E-state index contributed by atoms with van der Waals surface area (Å²) in [5, 5.41) is 9.33. The van der Waals surface area contributed by atoms with Crippen LogP contribution >= 0.6 is 11.6 Å². The molecule has 6 nitrogen and oxygen atoms in total. The molecule has 34 heavy (non-hydrogen) atoms. The van der Waals surface area contributed by atoms with Gasteiger partial charge in [0, 0.05) is 17.4 Å². The Morgan fingerprint density at radius 2 is 1.53 bits per heavy atom. The van der Waals surface area contributed by atoms with Crippen LogP contribution in [0.4, 0.5) is 11.4 Å². The van der Waals surface area contributed by atoms with Gasteiger partial charge in [0.2, 0.25) is 5.91 Å². The molecule has 0 unspecified atom stereocenters. The first-order valence-electron chi connectivity index (χ1n) is 11.5. The molecule has 0 radical (unpaired) electrons.